The lowest BCUT2D eigenvalue weighted by Gasteiger charge is -2.12. The number of anilines is 2. The normalized spacial score (nSPS) is 11.4. The Balaban J connectivity index is 2.45. The molecule has 0 aromatic heterocycles. The van der Waals surface area contributed by atoms with Gasteiger partial charge >= 0.3 is 0 Å². The summed E-state index contributed by atoms with van der Waals surface area (Å²) in [6, 6.07) is 5.70. The van der Waals surface area contributed by atoms with Crippen LogP contribution in [0.25, 0.3) is 0 Å². The highest BCUT2D eigenvalue weighted by molar-refractivity contribution is 9.10. The van der Waals surface area contributed by atoms with Crippen LogP contribution in [0.4, 0.5) is 20.2 Å². The number of hydrogen-bond donors (Lipinski definition) is 2. The summed E-state index contributed by atoms with van der Waals surface area (Å²) in [5, 5.41) is 0. The Labute approximate surface area is 129 Å². The molecule has 0 fully saturated rings. The van der Waals surface area contributed by atoms with Gasteiger partial charge in [-0.15, -0.1) is 0 Å². The van der Waals surface area contributed by atoms with Crippen LogP contribution in [0, 0.1) is 18.6 Å². The third-order valence-electron chi connectivity index (χ3n) is 2.83. The van der Waals surface area contributed by atoms with Gasteiger partial charge in [-0.1, -0.05) is 15.9 Å². The minimum atomic E-state index is -3.97. The molecule has 2 aromatic rings. The predicted octanol–water partition coefficient (Wildman–Crippen LogP) is 3.42. The van der Waals surface area contributed by atoms with Crippen LogP contribution in [0.1, 0.15) is 5.56 Å². The summed E-state index contributed by atoms with van der Waals surface area (Å²) in [6.45, 7) is 1.56. The topological polar surface area (TPSA) is 72.2 Å². The van der Waals surface area contributed by atoms with Crippen molar-refractivity contribution in [2.24, 2.45) is 0 Å². The molecule has 0 spiro atoms. The van der Waals surface area contributed by atoms with E-state index in [1.807, 2.05) is 0 Å². The van der Waals surface area contributed by atoms with Crippen molar-refractivity contribution in [3.05, 3.63) is 52.0 Å². The molecule has 0 aliphatic carbocycles. The van der Waals surface area contributed by atoms with Gasteiger partial charge in [-0.25, -0.2) is 17.2 Å². The van der Waals surface area contributed by atoms with Crippen LogP contribution >= 0.6 is 15.9 Å². The Kier molecular flexibility index (Phi) is 4.20. The number of sulfonamides is 1. The highest BCUT2D eigenvalue weighted by atomic mass is 79.9. The molecule has 0 aliphatic rings. The van der Waals surface area contributed by atoms with Crippen molar-refractivity contribution < 1.29 is 17.2 Å². The maximum absolute atomic E-state index is 13.1. The lowest BCUT2D eigenvalue weighted by Crippen LogP contribution is -2.15. The summed E-state index contributed by atoms with van der Waals surface area (Å²) in [5.41, 5.74) is 6.32. The monoisotopic (exact) mass is 376 g/mol. The van der Waals surface area contributed by atoms with Crippen molar-refractivity contribution in [2.45, 2.75) is 11.8 Å². The first-order valence-corrected chi connectivity index (χ1v) is 8.02. The Morgan fingerprint density at radius 2 is 1.81 bits per heavy atom. The zero-order valence-electron chi connectivity index (χ0n) is 10.8. The summed E-state index contributed by atoms with van der Waals surface area (Å²) in [4.78, 5) is -0.0425. The predicted molar refractivity (Wildman–Crippen MR) is 80.5 cm³/mol. The Morgan fingerprint density at radius 1 is 1.14 bits per heavy atom. The first kappa shape index (κ1) is 15.7. The fourth-order valence-corrected chi connectivity index (χ4v) is 3.70. The Hall–Kier alpha value is -1.67. The molecule has 21 heavy (non-hydrogen) atoms. The molecule has 0 bridgehead atoms. The highest BCUT2D eigenvalue weighted by Crippen LogP contribution is 2.28. The van der Waals surface area contributed by atoms with E-state index in [0.717, 1.165) is 18.2 Å². The first-order valence-electron chi connectivity index (χ1n) is 5.74. The molecule has 3 N–H and O–H groups in total. The molecule has 0 unspecified atom stereocenters. The average Bonchev–Trinajstić information content (AvgIpc) is 2.37. The van der Waals surface area contributed by atoms with Crippen LogP contribution in [0.2, 0.25) is 0 Å². The van der Waals surface area contributed by atoms with Crippen molar-refractivity contribution in [1.29, 1.82) is 0 Å². The summed E-state index contributed by atoms with van der Waals surface area (Å²) < 4.78 is 53.3. The van der Waals surface area contributed by atoms with Gasteiger partial charge < -0.3 is 5.73 Å². The lowest BCUT2D eigenvalue weighted by atomic mass is 10.2. The van der Waals surface area contributed by atoms with E-state index in [4.69, 9.17) is 5.73 Å². The van der Waals surface area contributed by atoms with Crippen LogP contribution in [0.5, 0.6) is 0 Å². The Bertz CT molecular complexity index is 810. The molecule has 0 aliphatic heterocycles. The van der Waals surface area contributed by atoms with E-state index in [0.29, 0.717) is 15.7 Å². The van der Waals surface area contributed by atoms with E-state index in [-0.39, 0.29) is 10.6 Å². The van der Waals surface area contributed by atoms with Crippen molar-refractivity contribution in [3.8, 4) is 0 Å². The fourth-order valence-electron chi connectivity index (χ4n) is 1.72. The maximum atomic E-state index is 13.1. The van der Waals surface area contributed by atoms with E-state index in [2.05, 4.69) is 20.7 Å². The molecular formula is C13H11BrF2N2O2S. The second-order valence-electron chi connectivity index (χ2n) is 4.35. The van der Waals surface area contributed by atoms with Gasteiger partial charge in [-0.3, -0.25) is 4.72 Å². The molecule has 112 valence electrons. The van der Waals surface area contributed by atoms with Crippen LogP contribution < -0.4 is 10.5 Å². The van der Waals surface area contributed by atoms with Gasteiger partial charge in [0, 0.05) is 16.2 Å². The molecule has 0 atom stereocenters. The van der Waals surface area contributed by atoms with E-state index >= 15 is 0 Å². The molecule has 2 rings (SSSR count). The van der Waals surface area contributed by atoms with Gasteiger partial charge in [-0.2, -0.15) is 0 Å². The molecule has 0 amide bonds. The molecule has 0 saturated heterocycles. The van der Waals surface area contributed by atoms with Gasteiger partial charge in [0.15, 0.2) is 11.6 Å². The van der Waals surface area contributed by atoms with Crippen LogP contribution in [0.15, 0.2) is 39.7 Å². The van der Waals surface area contributed by atoms with Crippen molar-refractivity contribution in [1.82, 2.24) is 0 Å². The number of nitrogens with two attached hydrogens (primary N) is 1. The summed E-state index contributed by atoms with van der Waals surface area (Å²) in [5.74, 6) is -2.19. The zero-order chi connectivity index (χ0) is 15.8. The average molecular weight is 377 g/mol. The third kappa shape index (κ3) is 3.33. The largest absolute Gasteiger partial charge is 0.398 e. The second kappa shape index (κ2) is 5.61. The standard InChI is InChI=1S/C13H11BrF2N2O2S/c1-7-12(17)4-8(14)5-13(7)21(19,20)18-9-2-3-10(15)11(16)6-9/h2-6,18H,17H2,1H3. The zero-order valence-corrected chi connectivity index (χ0v) is 13.2. The van der Waals surface area contributed by atoms with Crippen molar-refractivity contribution in [2.75, 3.05) is 10.5 Å². The van der Waals surface area contributed by atoms with Crippen molar-refractivity contribution in [3.63, 3.8) is 0 Å². The van der Waals surface area contributed by atoms with Crippen LogP contribution in [-0.2, 0) is 10.0 Å². The number of nitrogen functional groups attached to an aromatic ring is 1. The van der Waals surface area contributed by atoms with Crippen LogP contribution in [-0.4, -0.2) is 8.42 Å². The summed E-state index contributed by atoms with van der Waals surface area (Å²) >= 11 is 3.16. The third-order valence-corrected chi connectivity index (χ3v) is 4.79. The SMILES string of the molecule is Cc1c(N)cc(Br)cc1S(=O)(=O)Nc1ccc(F)c(F)c1. The number of rotatable bonds is 3. The number of hydrogen-bond acceptors (Lipinski definition) is 3. The molecule has 4 nitrogen and oxygen atoms in total. The van der Waals surface area contributed by atoms with Crippen LogP contribution in [0.3, 0.4) is 0 Å². The molecular weight excluding hydrogens is 366 g/mol. The first-order chi connectivity index (χ1) is 9.70. The second-order valence-corrected chi connectivity index (χ2v) is 6.92. The molecule has 2 aromatic carbocycles. The van der Waals surface area contributed by atoms with E-state index in [1.54, 1.807) is 13.0 Å². The van der Waals surface area contributed by atoms with Gasteiger partial charge in [-0.05, 0) is 36.8 Å². The molecule has 8 heteroatoms. The van der Waals surface area contributed by atoms with E-state index in [1.165, 1.54) is 6.07 Å². The van der Waals surface area contributed by atoms with Gasteiger partial charge in [0.2, 0.25) is 0 Å². The minimum absolute atomic E-state index is 0.0425. The lowest BCUT2D eigenvalue weighted by molar-refractivity contribution is 0.509. The van der Waals surface area contributed by atoms with Gasteiger partial charge in [0.25, 0.3) is 10.0 Å². The smallest absolute Gasteiger partial charge is 0.262 e. The number of nitrogens with one attached hydrogen (secondary N) is 1. The van der Waals surface area contributed by atoms with Gasteiger partial charge in [0.1, 0.15) is 0 Å². The van der Waals surface area contributed by atoms with E-state index in [9.17, 15) is 17.2 Å². The van der Waals surface area contributed by atoms with E-state index < -0.39 is 21.7 Å². The quantitative estimate of drug-likeness (QED) is 0.806. The molecule has 0 saturated carbocycles. The minimum Gasteiger partial charge on any atom is -0.398 e. The molecule has 0 radical (unpaired) electrons. The van der Waals surface area contributed by atoms with Crippen molar-refractivity contribution >= 4 is 37.3 Å². The number of halogens is 3. The molecule has 0 heterocycles. The Morgan fingerprint density at radius 3 is 2.43 bits per heavy atom. The van der Waals surface area contributed by atoms with Gasteiger partial charge in [0.05, 0.1) is 10.6 Å². The maximum Gasteiger partial charge on any atom is 0.262 e. The summed E-state index contributed by atoms with van der Waals surface area (Å²) in [6.07, 6.45) is 0. The summed E-state index contributed by atoms with van der Waals surface area (Å²) in [7, 11) is -3.97. The fraction of sp³-hybridized carbons (Fsp3) is 0.0769. The number of benzene rings is 2. The highest BCUT2D eigenvalue weighted by Gasteiger charge is 2.19.